The smallest absolute Gasteiger partial charge is 0.215 e. The number of anilines is 3. The average molecular weight is 1620 g/mol. The zero-order valence-electron chi connectivity index (χ0n) is 35.6. The van der Waals surface area contributed by atoms with Crippen molar-refractivity contribution in [2.24, 2.45) is 0 Å². The zero-order valence-corrected chi connectivity index (χ0v) is 47.2. The third kappa shape index (κ3) is 26.8. The SMILES string of the molecule is C.C.C.C.C.C.COCOc1c(C=O)ccnc1I.COCOc1cccnc1I.Nc1oc2c(I)nccc2c1Nc1ccc(F)c(Cl)c1.O=Cc1ccnc(I)c1O.Oc1cccnc1.Oc1cccnc1I. The predicted octanol–water partition coefficient (Wildman–Crippen LogP) is 14.9. The number of aromatic nitrogens is 6. The minimum absolute atomic E-state index is 0. The van der Waals surface area contributed by atoms with E-state index < -0.39 is 5.82 Å². The van der Waals surface area contributed by atoms with Crippen molar-refractivity contribution in [3.63, 3.8) is 0 Å². The summed E-state index contributed by atoms with van der Waals surface area (Å²) in [6.07, 6.45) is 12.4. The topological polar surface area (TPSA) is 260 Å². The maximum Gasteiger partial charge on any atom is 0.215 e. The highest BCUT2D eigenvalue weighted by molar-refractivity contribution is 14.1. The van der Waals surface area contributed by atoms with Gasteiger partial charge in [-0.2, -0.15) is 0 Å². The van der Waals surface area contributed by atoms with E-state index in [9.17, 15) is 14.0 Å². The van der Waals surface area contributed by atoms with Crippen LogP contribution in [0.4, 0.5) is 21.6 Å². The lowest BCUT2D eigenvalue weighted by Crippen LogP contribution is -2.04. The quantitative estimate of drug-likeness (QED) is 0.0369. The Morgan fingerprint density at radius 1 is 0.667 bits per heavy atom. The number of nitrogens with one attached hydrogen (secondary N) is 1. The van der Waals surface area contributed by atoms with E-state index in [4.69, 9.17) is 56.0 Å². The molecule has 18 nitrogen and oxygen atoms in total. The Kier molecular flexibility index (Phi) is 43.6. The van der Waals surface area contributed by atoms with Gasteiger partial charge in [0, 0.05) is 57.1 Å². The minimum atomic E-state index is -0.471. The molecule has 0 bridgehead atoms. The molecule has 7 aromatic heterocycles. The van der Waals surface area contributed by atoms with Crippen LogP contribution in [-0.4, -0.2) is 85.6 Å². The van der Waals surface area contributed by atoms with Crippen molar-refractivity contribution in [2.75, 3.05) is 38.9 Å². The molecule has 0 atom stereocenters. The summed E-state index contributed by atoms with van der Waals surface area (Å²) in [5, 5.41) is 30.5. The lowest BCUT2D eigenvalue weighted by molar-refractivity contribution is 0.0495. The fourth-order valence-electron chi connectivity index (χ4n) is 4.52. The maximum absolute atomic E-state index is 13.2. The van der Waals surface area contributed by atoms with E-state index >= 15 is 0 Å². The molecule has 1 aromatic carbocycles. The standard InChI is InChI=1S/C13H8ClFIN3O.C8H8INO3.C7H8INO2.C6H4INO2.C5H4INO.C5H5NO.6CH4/c14-8-5-6(1-2-9(8)15)19-10-7-3-4-18-12(16)11(7)20-13(10)17;1-12-5-13-7-6(4-11)2-3-10-8(7)9;1-10-5-11-6-3-2-4-9-7(6)8;7-6-5(10)4(3-9)1-2-8-6;6-5-4(8)2-1-3-7-5;7-5-2-1-3-6-4-5;;;;;;/h1-5,19H,17H2;2-4H,5H2,1H3;2-4H,5H2,1H3;1-3,10H;1-3,8H;1-4,7H;6*1H4. The van der Waals surface area contributed by atoms with Crippen LogP contribution in [0.25, 0.3) is 11.0 Å². The van der Waals surface area contributed by atoms with Crippen molar-refractivity contribution in [1.82, 2.24) is 29.9 Å². The molecule has 0 saturated heterocycles. The van der Waals surface area contributed by atoms with Gasteiger partial charge in [-0.25, -0.2) is 29.3 Å². The summed E-state index contributed by atoms with van der Waals surface area (Å²) >= 11 is 15.7. The van der Waals surface area contributed by atoms with Gasteiger partial charge in [-0.05, 0) is 186 Å². The van der Waals surface area contributed by atoms with Crippen molar-refractivity contribution >= 4 is 165 Å². The van der Waals surface area contributed by atoms with Gasteiger partial charge in [-0.15, -0.1) is 0 Å². The van der Waals surface area contributed by atoms with Gasteiger partial charge in [-0.3, -0.25) is 14.6 Å². The molecule has 410 valence electrons. The summed E-state index contributed by atoms with van der Waals surface area (Å²) in [7, 11) is 3.10. The van der Waals surface area contributed by atoms with Gasteiger partial charge in [0.2, 0.25) is 5.88 Å². The number of aldehydes is 2. The molecule has 8 rings (SSSR count). The van der Waals surface area contributed by atoms with E-state index in [0.717, 1.165) is 24.8 Å². The fourth-order valence-corrected chi connectivity index (χ4v) is 7.20. The van der Waals surface area contributed by atoms with Gasteiger partial charge < -0.3 is 49.7 Å². The first-order valence-electron chi connectivity index (χ1n) is 18.8. The lowest BCUT2D eigenvalue weighted by atomic mass is 10.2. The Morgan fingerprint density at radius 2 is 1.21 bits per heavy atom. The number of ether oxygens (including phenoxy) is 4. The van der Waals surface area contributed by atoms with Crippen LogP contribution >= 0.6 is 125 Å². The van der Waals surface area contributed by atoms with Gasteiger partial charge in [0.25, 0.3) is 0 Å². The Morgan fingerprint density at radius 3 is 1.72 bits per heavy atom. The number of furan rings is 1. The number of nitrogens with two attached hydrogens (primary N) is 1. The summed E-state index contributed by atoms with van der Waals surface area (Å²) in [5.74, 6) is 1.41. The van der Waals surface area contributed by atoms with Crippen molar-refractivity contribution in [3.05, 3.63) is 157 Å². The first-order chi connectivity index (χ1) is 33.1. The van der Waals surface area contributed by atoms with Gasteiger partial charge in [0.1, 0.15) is 41.5 Å². The molecule has 0 aliphatic rings. The molecule has 0 amide bonds. The highest BCUT2D eigenvalue weighted by atomic mass is 127. The molecular formula is C50H61ClFI5N8O10. The van der Waals surface area contributed by atoms with Crippen molar-refractivity contribution in [3.8, 4) is 28.7 Å². The molecule has 0 unspecified atom stereocenters. The van der Waals surface area contributed by atoms with Crippen LogP contribution in [0, 0.1) is 24.3 Å². The van der Waals surface area contributed by atoms with Crippen LogP contribution in [0.3, 0.4) is 0 Å². The van der Waals surface area contributed by atoms with Crippen LogP contribution in [0.15, 0.2) is 121 Å². The number of carbonyl (C=O) groups excluding carboxylic acids is 2. The second-order valence-corrected chi connectivity index (χ2v) is 17.8. The summed E-state index contributed by atoms with van der Waals surface area (Å²) < 4.78 is 41.8. The summed E-state index contributed by atoms with van der Waals surface area (Å²) in [5.41, 5.74) is 8.48. The lowest BCUT2D eigenvalue weighted by Gasteiger charge is -2.07. The van der Waals surface area contributed by atoms with Crippen LogP contribution in [-0.2, 0) is 9.47 Å². The average Bonchev–Trinajstić information content (AvgIpc) is 3.67. The number of carbonyl (C=O) groups is 2. The number of fused-ring (bicyclic) bond motifs is 1. The van der Waals surface area contributed by atoms with Gasteiger partial charge >= 0.3 is 0 Å². The van der Waals surface area contributed by atoms with E-state index in [1.807, 2.05) is 79.9 Å². The predicted molar refractivity (Wildman–Crippen MR) is 339 cm³/mol. The Balaban J connectivity index is -0.000000411. The van der Waals surface area contributed by atoms with Crippen LogP contribution in [0.2, 0.25) is 5.02 Å². The second-order valence-electron chi connectivity index (χ2n) is 12.3. The molecular weight excluding hydrogens is 1560 g/mol. The highest BCUT2D eigenvalue weighted by Crippen LogP contribution is 2.37. The van der Waals surface area contributed by atoms with Gasteiger partial charge in [0.05, 0.1) is 27.7 Å². The number of hydrogen-bond donors (Lipinski definition) is 5. The molecule has 0 spiro atoms. The minimum Gasteiger partial charge on any atom is -0.506 e. The molecule has 0 aliphatic heterocycles. The Bertz CT molecular complexity index is 2850. The largest absolute Gasteiger partial charge is 0.506 e. The number of nitrogen functional groups attached to an aromatic ring is 1. The molecule has 0 saturated carbocycles. The number of halogens is 7. The number of pyridine rings is 6. The van der Waals surface area contributed by atoms with Gasteiger partial charge in [0.15, 0.2) is 49.0 Å². The molecule has 0 radical (unpaired) electrons. The normalized spacial score (nSPS) is 9.03. The van der Waals surface area contributed by atoms with Crippen molar-refractivity contribution in [2.45, 2.75) is 44.6 Å². The van der Waals surface area contributed by atoms with E-state index in [1.165, 1.54) is 37.7 Å². The number of methoxy groups -OCH3 is 2. The molecule has 8 aromatic rings. The first-order valence-corrected chi connectivity index (χ1v) is 24.6. The number of rotatable bonds is 10. The third-order valence-electron chi connectivity index (χ3n) is 7.60. The second kappa shape index (κ2) is 42.5. The maximum atomic E-state index is 13.2. The first kappa shape index (κ1) is 76.9. The Labute approximate surface area is 511 Å². The molecule has 6 N–H and O–H groups in total. The summed E-state index contributed by atoms with van der Waals surface area (Å²) in [6.45, 7) is 0.379. The highest BCUT2D eigenvalue weighted by Gasteiger charge is 2.15. The van der Waals surface area contributed by atoms with Crippen molar-refractivity contribution in [1.29, 1.82) is 0 Å². The molecule has 7 heterocycles. The van der Waals surface area contributed by atoms with E-state index in [1.54, 1.807) is 80.6 Å². The third-order valence-corrected chi connectivity index (χ3v) is 11.9. The van der Waals surface area contributed by atoms with Gasteiger partial charge in [-0.1, -0.05) is 56.2 Å². The number of hydrogen-bond acceptors (Lipinski definition) is 18. The monoisotopic (exact) mass is 1620 g/mol. The Hall–Kier alpha value is -4.61. The van der Waals surface area contributed by atoms with E-state index in [2.05, 4.69) is 80.4 Å². The molecule has 0 fully saturated rings. The fraction of sp³-hybridized carbons (Fsp3) is 0.200. The van der Waals surface area contributed by atoms with E-state index in [0.29, 0.717) is 45.7 Å². The number of aromatic hydroxyl groups is 3. The van der Waals surface area contributed by atoms with Crippen molar-refractivity contribution < 1.29 is 52.7 Å². The summed E-state index contributed by atoms with van der Waals surface area (Å²) in [4.78, 5) is 44.2. The molecule has 0 aliphatic carbocycles. The summed E-state index contributed by atoms with van der Waals surface area (Å²) in [6, 6.07) is 19.4. The van der Waals surface area contributed by atoms with Crippen LogP contribution in [0.1, 0.15) is 65.3 Å². The zero-order chi connectivity index (χ0) is 50.7. The van der Waals surface area contributed by atoms with Crippen LogP contribution in [0.5, 0.6) is 28.7 Å². The number of nitrogens with zero attached hydrogens (tertiary/aromatic N) is 6. The molecule has 25 heteroatoms. The van der Waals surface area contributed by atoms with E-state index in [-0.39, 0.29) is 91.9 Å². The number of benzene rings is 1. The molecule has 75 heavy (non-hydrogen) atoms. The van der Waals surface area contributed by atoms with Crippen LogP contribution < -0.4 is 20.5 Å².